The van der Waals surface area contributed by atoms with Gasteiger partial charge in [0.25, 0.3) is 0 Å². The smallest absolute Gasteiger partial charge is 0.159 e. The van der Waals surface area contributed by atoms with E-state index in [1.807, 2.05) is 36.5 Å². The van der Waals surface area contributed by atoms with Gasteiger partial charge < -0.3 is 4.74 Å². The van der Waals surface area contributed by atoms with E-state index in [9.17, 15) is 0 Å². The molecule has 0 aliphatic rings. The number of aromatic nitrogens is 2. The molecule has 0 aliphatic carbocycles. The predicted molar refractivity (Wildman–Crippen MR) is 76.3 cm³/mol. The minimum atomic E-state index is 0.748. The summed E-state index contributed by atoms with van der Waals surface area (Å²) in [6, 6.07) is 14.0. The summed E-state index contributed by atoms with van der Waals surface area (Å²) in [4.78, 5) is 9.00. The zero-order valence-electron chi connectivity index (χ0n) is 10.9. The highest BCUT2D eigenvalue weighted by Crippen LogP contribution is 2.22. The normalized spacial score (nSPS) is 10.6. The number of hydrogen-bond acceptors (Lipinski definition) is 3. The monoisotopic (exact) mass is 250 g/mol. The van der Waals surface area contributed by atoms with Crippen LogP contribution in [0.25, 0.3) is 22.3 Å². The van der Waals surface area contributed by atoms with E-state index in [4.69, 9.17) is 4.74 Å². The van der Waals surface area contributed by atoms with Crippen molar-refractivity contribution in [1.29, 1.82) is 0 Å². The molecule has 0 amide bonds. The van der Waals surface area contributed by atoms with Gasteiger partial charge in [-0.3, -0.25) is 0 Å². The first-order valence-electron chi connectivity index (χ1n) is 6.14. The lowest BCUT2D eigenvalue weighted by Crippen LogP contribution is -1.91. The first-order chi connectivity index (χ1) is 9.26. The molecular weight excluding hydrogens is 236 g/mol. The average Bonchev–Trinajstić information content (AvgIpc) is 2.47. The van der Waals surface area contributed by atoms with E-state index >= 15 is 0 Å². The molecule has 0 aliphatic heterocycles. The molecule has 2 aromatic carbocycles. The van der Waals surface area contributed by atoms with Crippen LogP contribution in [0.4, 0.5) is 0 Å². The summed E-state index contributed by atoms with van der Waals surface area (Å²) < 4.78 is 5.19. The number of ether oxygens (including phenoxy) is 1. The summed E-state index contributed by atoms with van der Waals surface area (Å²) in [5.41, 5.74) is 3.18. The molecule has 0 saturated carbocycles. The fourth-order valence-corrected chi connectivity index (χ4v) is 1.98. The van der Waals surface area contributed by atoms with Crippen LogP contribution in [0.5, 0.6) is 5.75 Å². The Labute approximate surface area is 111 Å². The molecule has 3 rings (SSSR count). The van der Waals surface area contributed by atoms with Crippen molar-refractivity contribution in [1.82, 2.24) is 9.97 Å². The summed E-state index contributed by atoms with van der Waals surface area (Å²) in [5, 5.41) is 0.982. The number of aryl methyl sites for hydroxylation is 1. The van der Waals surface area contributed by atoms with Crippen molar-refractivity contribution in [3.63, 3.8) is 0 Å². The predicted octanol–water partition coefficient (Wildman–Crippen LogP) is 3.61. The Balaban J connectivity index is 2.08. The highest BCUT2D eigenvalue weighted by Gasteiger charge is 2.03. The average molecular weight is 250 g/mol. The highest BCUT2D eigenvalue weighted by molar-refractivity contribution is 5.81. The Hall–Kier alpha value is -2.42. The van der Waals surface area contributed by atoms with Gasteiger partial charge in [0.1, 0.15) is 5.75 Å². The maximum absolute atomic E-state index is 5.19. The first kappa shape index (κ1) is 11.7. The number of benzene rings is 2. The van der Waals surface area contributed by atoms with Crippen molar-refractivity contribution >= 4 is 10.9 Å². The molecule has 19 heavy (non-hydrogen) atoms. The van der Waals surface area contributed by atoms with Gasteiger partial charge in [-0.15, -0.1) is 0 Å². The third-order valence-electron chi connectivity index (χ3n) is 3.10. The van der Waals surface area contributed by atoms with Gasteiger partial charge in [-0.1, -0.05) is 29.8 Å². The minimum absolute atomic E-state index is 0.748. The molecule has 0 spiro atoms. The van der Waals surface area contributed by atoms with Gasteiger partial charge in [0.2, 0.25) is 0 Å². The minimum Gasteiger partial charge on any atom is -0.497 e. The quantitative estimate of drug-likeness (QED) is 0.696. The molecule has 0 fully saturated rings. The molecule has 3 heteroatoms. The van der Waals surface area contributed by atoms with E-state index in [2.05, 4.69) is 29.0 Å². The molecule has 94 valence electrons. The molecule has 0 N–H and O–H groups in total. The van der Waals surface area contributed by atoms with Gasteiger partial charge in [0, 0.05) is 17.1 Å². The van der Waals surface area contributed by atoms with Crippen LogP contribution in [0.1, 0.15) is 5.56 Å². The van der Waals surface area contributed by atoms with Crippen LogP contribution in [0, 0.1) is 6.92 Å². The second-order valence-corrected chi connectivity index (χ2v) is 4.48. The fourth-order valence-electron chi connectivity index (χ4n) is 1.98. The van der Waals surface area contributed by atoms with Crippen LogP contribution in [0.2, 0.25) is 0 Å². The number of rotatable bonds is 2. The van der Waals surface area contributed by atoms with Crippen molar-refractivity contribution < 1.29 is 4.74 Å². The maximum Gasteiger partial charge on any atom is 0.159 e. The molecule has 0 bridgehead atoms. The van der Waals surface area contributed by atoms with Crippen LogP contribution < -0.4 is 4.74 Å². The topological polar surface area (TPSA) is 35.0 Å². The van der Waals surface area contributed by atoms with Crippen LogP contribution in [-0.2, 0) is 0 Å². The first-order valence-corrected chi connectivity index (χ1v) is 6.14. The van der Waals surface area contributed by atoms with E-state index in [1.165, 1.54) is 5.56 Å². The number of hydrogen-bond donors (Lipinski definition) is 0. The summed E-state index contributed by atoms with van der Waals surface area (Å²) >= 11 is 0. The summed E-state index contributed by atoms with van der Waals surface area (Å²) in [5.74, 6) is 1.57. The van der Waals surface area contributed by atoms with E-state index in [-0.39, 0.29) is 0 Å². The molecule has 0 radical (unpaired) electrons. The Morgan fingerprint density at radius 1 is 1.00 bits per heavy atom. The van der Waals surface area contributed by atoms with E-state index in [0.717, 1.165) is 28.0 Å². The number of fused-ring (bicyclic) bond motifs is 1. The lowest BCUT2D eigenvalue weighted by molar-refractivity contribution is 0.415. The van der Waals surface area contributed by atoms with Crippen molar-refractivity contribution in [3.05, 3.63) is 54.2 Å². The summed E-state index contributed by atoms with van der Waals surface area (Å²) in [6.45, 7) is 2.07. The van der Waals surface area contributed by atoms with Gasteiger partial charge >= 0.3 is 0 Å². The van der Waals surface area contributed by atoms with E-state index < -0.39 is 0 Å². The van der Waals surface area contributed by atoms with Crippen LogP contribution >= 0.6 is 0 Å². The molecule has 1 heterocycles. The largest absolute Gasteiger partial charge is 0.497 e. The van der Waals surface area contributed by atoms with Crippen LogP contribution in [0.3, 0.4) is 0 Å². The van der Waals surface area contributed by atoms with Gasteiger partial charge in [-0.25, -0.2) is 9.97 Å². The highest BCUT2D eigenvalue weighted by atomic mass is 16.5. The van der Waals surface area contributed by atoms with E-state index in [1.54, 1.807) is 7.11 Å². The van der Waals surface area contributed by atoms with Gasteiger partial charge in [-0.05, 0) is 25.1 Å². The van der Waals surface area contributed by atoms with Crippen molar-refractivity contribution in [2.75, 3.05) is 7.11 Å². The zero-order chi connectivity index (χ0) is 13.2. The van der Waals surface area contributed by atoms with Gasteiger partial charge in [0.05, 0.1) is 12.6 Å². The Morgan fingerprint density at radius 3 is 2.53 bits per heavy atom. The molecule has 3 nitrogen and oxygen atoms in total. The Bertz CT molecular complexity index is 720. The lowest BCUT2D eigenvalue weighted by atomic mass is 10.1. The second-order valence-electron chi connectivity index (χ2n) is 4.48. The number of nitrogens with zero attached hydrogens (tertiary/aromatic N) is 2. The summed E-state index contributed by atoms with van der Waals surface area (Å²) in [7, 11) is 1.66. The summed E-state index contributed by atoms with van der Waals surface area (Å²) in [6.07, 6.45) is 1.83. The van der Waals surface area contributed by atoms with Crippen molar-refractivity contribution in [2.45, 2.75) is 6.92 Å². The third kappa shape index (κ3) is 2.27. The third-order valence-corrected chi connectivity index (χ3v) is 3.10. The van der Waals surface area contributed by atoms with E-state index in [0.29, 0.717) is 0 Å². The molecule has 0 unspecified atom stereocenters. The standard InChI is InChI=1S/C16H14N2O/c1-11-3-5-12(6-4-11)16-17-10-13-9-14(19-2)7-8-15(13)18-16/h3-10H,1-2H3. The van der Waals surface area contributed by atoms with Crippen LogP contribution in [-0.4, -0.2) is 17.1 Å². The number of methoxy groups -OCH3 is 1. The second kappa shape index (κ2) is 4.69. The molecular formula is C16H14N2O. The molecule has 0 saturated heterocycles. The molecule has 1 aromatic heterocycles. The maximum atomic E-state index is 5.19. The van der Waals surface area contributed by atoms with Crippen molar-refractivity contribution in [3.8, 4) is 17.1 Å². The van der Waals surface area contributed by atoms with Crippen LogP contribution in [0.15, 0.2) is 48.7 Å². The SMILES string of the molecule is COc1ccc2nc(-c3ccc(C)cc3)ncc2c1. The Kier molecular flexibility index (Phi) is 2.88. The Morgan fingerprint density at radius 2 is 1.79 bits per heavy atom. The van der Waals surface area contributed by atoms with Crippen molar-refractivity contribution in [2.24, 2.45) is 0 Å². The fraction of sp³-hybridized carbons (Fsp3) is 0.125. The molecule has 3 aromatic rings. The van der Waals surface area contributed by atoms with Gasteiger partial charge in [0.15, 0.2) is 5.82 Å². The molecule has 0 atom stereocenters. The lowest BCUT2D eigenvalue weighted by Gasteiger charge is -2.04. The zero-order valence-corrected chi connectivity index (χ0v) is 10.9. The van der Waals surface area contributed by atoms with Gasteiger partial charge in [-0.2, -0.15) is 0 Å².